The molecule has 1 aliphatic rings. The van der Waals surface area contributed by atoms with E-state index in [4.69, 9.17) is 5.73 Å². The number of amides is 1. The molecule has 0 radical (unpaired) electrons. The van der Waals surface area contributed by atoms with E-state index in [0.717, 1.165) is 19.3 Å². The highest BCUT2D eigenvalue weighted by Crippen LogP contribution is 2.32. The Morgan fingerprint density at radius 1 is 1.48 bits per heavy atom. The fourth-order valence-electron chi connectivity index (χ4n) is 3.11. The predicted molar refractivity (Wildman–Crippen MR) is 82.4 cm³/mol. The van der Waals surface area contributed by atoms with Crippen molar-refractivity contribution in [3.8, 4) is 5.69 Å². The van der Waals surface area contributed by atoms with Gasteiger partial charge in [0.15, 0.2) is 5.82 Å². The molecule has 1 aromatic carbocycles. The molecule has 23 heavy (non-hydrogen) atoms. The number of nitrogens with one attached hydrogen (secondary N) is 1. The fourth-order valence-corrected chi connectivity index (χ4v) is 3.11. The van der Waals surface area contributed by atoms with Crippen LogP contribution in [0.5, 0.6) is 0 Å². The molecular formula is C15H19FN6O. The summed E-state index contributed by atoms with van der Waals surface area (Å²) in [5.74, 6) is 0.0781. The van der Waals surface area contributed by atoms with Crippen LogP contribution in [-0.4, -0.2) is 32.7 Å². The van der Waals surface area contributed by atoms with Crippen LogP contribution in [0.15, 0.2) is 18.2 Å². The monoisotopic (exact) mass is 318 g/mol. The summed E-state index contributed by atoms with van der Waals surface area (Å²) < 4.78 is 15.3. The van der Waals surface area contributed by atoms with Crippen LogP contribution in [-0.2, 0) is 4.79 Å². The Hall–Kier alpha value is -2.35. The SMILES string of the molecule is Cc1nnnn1-c1cc(NC(=O)[C@@H]2CCC[C@@H]2CN)ccc1F. The summed E-state index contributed by atoms with van der Waals surface area (Å²) in [6.45, 7) is 2.19. The molecule has 1 fully saturated rings. The molecule has 3 rings (SSSR count). The number of tetrazole rings is 1. The Morgan fingerprint density at radius 2 is 2.30 bits per heavy atom. The third-order valence-electron chi connectivity index (χ3n) is 4.37. The largest absolute Gasteiger partial charge is 0.330 e. The van der Waals surface area contributed by atoms with Crippen molar-refractivity contribution in [3.63, 3.8) is 0 Å². The van der Waals surface area contributed by atoms with Crippen molar-refractivity contribution >= 4 is 11.6 Å². The molecule has 122 valence electrons. The summed E-state index contributed by atoms with van der Waals surface area (Å²) in [7, 11) is 0. The third-order valence-corrected chi connectivity index (χ3v) is 4.37. The number of aromatic nitrogens is 4. The van der Waals surface area contributed by atoms with Gasteiger partial charge in [-0.1, -0.05) is 6.42 Å². The van der Waals surface area contributed by atoms with E-state index in [1.54, 1.807) is 6.92 Å². The van der Waals surface area contributed by atoms with Crippen molar-refractivity contribution in [1.82, 2.24) is 20.2 Å². The Bertz CT molecular complexity index is 716. The molecule has 0 unspecified atom stereocenters. The van der Waals surface area contributed by atoms with Crippen LogP contribution in [0.1, 0.15) is 25.1 Å². The second-order valence-electron chi connectivity index (χ2n) is 5.83. The number of nitrogens with two attached hydrogens (primary N) is 1. The van der Waals surface area contributed by atoms with Crippen molar-refractivity contribution in [3.05, 3.63) is 29.8 Å². The van der Waals surface area contributed by atoms with Gasteiger partial charge in [-0.15, -0.1) is 5.10 Å². The van der Waals surface area contributed by atoms with Gasteiger partial charge in [-0.2, -0.15) is 4.68 Å². The Balaban J connectivity index is 1.81. The van der Waals surface area contributed by atoms with E-state index < -0.39 is 5.82 Å². The van der Waals surface area contributed by atoms with E-state index in [-0.39, 0.29) is 23.4 Å². The maximum Gasteiger partial charge on any atom is 0.227 e. The van der Waals surface area contributed by atoms with Gasteiger partial charge >= 0.3 is 0 Å². The first-order chi connectivity index (χ1) is 11.1. The number of nitrogens with zero attached hydrogens (tertiary/aromatic N) is 4. The van der Waals surface area contributed by atoms with Crippen molar-refractivity contribution in [2.45, 2.75) is 26.2 Å². The maximum atomic E-state index is 14.0. The molecule has 0 spiro atoms. The minimum Gasteiger partial charge on any atom is -0.330 e. The molecule has 7 nitrogen and oxygen atoms in total. The molecule has 8 heteroatoms. The first-order valence-corrected chi connectivity index (χ1v) is 7.66. The number of carbonyl (C=O) groups excluding carboxylic acids is 1. The third kappa shape index (κ3) is 3.07. The van der Waals surface area contributed by atoms with Crippen LogP contribution in [0.3, 0.4) is 0 Å². The van der Waals surface area contributed by atoms with Crippen LogP contribution >= 0.6 is 0 Å². The number of carbonyl (C=O) groups is 1. The second-order valence-corrected chi connectivity index (χ2v) is 5.83. The Morgan fingerprint density at radius 3 is 3.00 bits per heavy atom. The summed E-state index contributed by atoms with van der Waals surface area (Å²) in [4.78, 5) is 12.4. The molecule has 2 aromatic rings. The lowest BCUT2D eigenvalue weighted by Crippen LogP contribution is -2.29. The average Bonchev–Trinajstić information content (AvgIpc) is 3.17. The Labute approximate surface area is 133 Å². The lowest BCUT2D eigenvalue weighted by Gasteiger charge is -2.17. The van der Waals surface area contributed by atoms with E-state index in [2.05, 4.69) is 20.8 Å². The van der Waals surface area contributed by atoms with Gasteiger partial charge in [-0.05, 0) is 60.9 Å². The van der Waals surface area contributed by atoms with Crippen molar-refractivity contribution in [2.75, 3.05) is 11.9 Å². The minimum absolute atomic E-state index is 0.0658. The molecule has 1 saturated carbocycles. The summed E-state index contributed by atoms with van der Waals surface area (Å²) >= 11 is 0. The molecule has 1 aliphatic carbocycles. The molecule has 1 amide bonds. The van der Waals surface area contributed by atoms with Crippen LogP contribution in [0, 0.1) is 24.6 Å². The van der Waals surface area contributed by atoms with E-state index >= 15 is 0 Å². The van der Waals surface area contributed by atoms with Crippen molar-refractivity contribution in [1.29, 1.82) is 0 Å². The average molecular weight is 318 g/mol. The molecule has 1 heterocycles. The van der Waals surface area contributed by atoms with Gasteiger partial charge in [0.05, 0.1) is 0 Å². The van der Waals surface area contributed by atoms with Gasteiger partial charge in [-0.3, -0.25) is 4.79 Å². The van der Waals surface area contributed by atoms with Crippen molar-refractivity contribution < 1.29 is 9.18 Å². The number of aryl methyl sites for hydroxylation is 1. The minimum atomic E-state index is -0.459. The molecule has 0 saturated heterocycles. The topological polar surface area (TPSA) is 98.7 Å². The predicted octanol–water partition coefficient (Wildman–Crippen LogP) is 1.42. The number of halogens is 1. The van der Waals surface area contributed by atoms with Crippen LogP contribution in [0.2, 0.25) is 0 Å². The van der Waals surface area contributed by atoms with Crippen LogP contribution < -0.4 is 11.1 Å². The summed E-state index contributed by atoms with van der Waals surface area (Å²) in [5, 5.41) is 13.9. The number of benzene rings is 1. The van der Waals surface area contributed by atoms with Crippen LogP contribution in [0.25, 0.3) is 5.69 Å². The molecule has 1 aromatic heterocycles. The fraction of sp³-hybridized carbons (Fsp3) is 0.467. The zero-order valence-corrected chi connectivity index (χ0v) is 12.9. The zero-order chi connectivity index (χ0) is 16.4. The highest BCUT2D eigenvalue weighted by molar-refractivity contribution is 5.93. The second kappa shape index (κ2) is 6.41. The van der Waals surface area contributed by atoms with E-state index in [0.29, 0.717) is 18.1 Å². The Kier molecular flexibility index (Phi) is 4.33. The number of anilines is 1. The normalized spacial score (nSPS) is 20.7. The van der Waals surface area contributed by atoms with Gasteiger partial charge in [0, 0.05) is 11.6 Å². The smallest absolute Gasteiger partial charge is 0.227 e. The quantitative estimate of drug-likeness (QED) is 0.888. The highest BCUT2D eigenvalue weighted by Gasteiger charge is 2.32. The van der Waals surface area contributed by atoms with Crippen molar-refractivity contribution in [2.24, 2.45) is 17.6 Å². The molecule has 3 N–H and O–H groups in total. The van der Waals surface area contributed by atoms with E-state index in [9.17, 15) is 9.18 Å². The van der Waals surface area contributed by atoms with E-state index in [1.165, 1.54) is 22.9 Å². The lowest BCUT2D eigenvalue weighted by molar-refractivity contribution is -0.120. The number of hydrogen-bond acceptors (Lipinski definition) is 5. The standard InChI is InChI=1S/C15H19FN6O/c1-9-19-20-21-22(9)14-7-11(5-6-13(14)16)18-15(23)12-4-2-3-10(12)8-17/h5-7,10,12H,2-4,8,17H2,1H3,(H,18,23)/t10-,12-/m1/s1. The molecule has 0 aliphatic heterocycles. The van der Waals surface area contributed by atoms with Gasteiger partial charge in [0.25, 0.3) is 0 Å². The molecule has 2 atom stereocenters. The molecular weight excluding hydrogens is 299 g/mol. The number of rotatable bonds is 4. The first kappa shape index (κ1) is 15.5. The first-order valence-electron chi connectivity index (χ1n) is 7.66. The van der Waals surface area contributed by atoms with Gasteiger partial charge in [-0.25, -0.2) is 4.39 Å². The van der Waals surface area contributed by atoms with Gasteiger partial charge in [0.2, 0.25) is 5.91 Å². The summed E-state index contributed by atoms with van der Waals surface area (Å²) in [5.41, 5.74) is 6.44. The van der Waals surface area contributed by atoms with Gasteiger partial charge < -0.3 is 11.1 Å². The van der Waals surface area contributed by atoms with E-state index in [1.807, 2.05) is 0 Å². The summed E-state index contributed by atoms with van der Waals surface area (Å²) in [6.07, 6.45) is 2.83. The molecule has 0 bridgehead atoms. The highest BCUT2D eigenvalue weighted by atomic mass is 19.1. The lowest BCUT2D eigenvalue weighted by atomic mass is 9.95. The van der Waals surface area contributed by atoms with Gasteiger partial charge in [0.1, 0.15) is 11.5 Å². The summed E-state index contributed by atoms with van der Waals surface area (Å²) in [6, 6.07) is 4.35. The number of hydrogen-bond donors (Lipinski definition) is 2. The van der Waals surface area contributed by atoms with Crippen LogP contribution in [0.4, 0.5) is 10.1 Å². The maximum absolute atomic E-state index is 14.0. The zero-order valence-electron chi connectivity index (χ0n) is 12.9.